The van der Waals surface area contributed by atoms with Gasteiger partial charge in [0.05, 0.1) is 22.9 Å². The maximum Gasteiger partial charge on any atom is 0.260 e. The van der Waals surface area contributed by atoms with Crippen LogP contribution in [0.3, 0.4) is 0 Å². The monoisotopic (exact) mass is 378 g/mol. The molecule has 4 heterocycles. The molecule has 5 rings (SSSR count). The normalized spacial score (nSPS) is 17.8. The van der Waals surface area contributed by atoms with Gasteiger partial charge in [-0.2, -0.15) is 0 Å². The van der Waals surface area contributed by atoms with Gasteiger partial charge in [0.2, 0.25) is 0 Å². The molecule has 0 amide bonds. The van der Waals surface area contributed by atoms with E-state index in [0.29, 0.717) is 5.39 Å². The van der Waals surface area contributed by atoms with E-state index in [0.717, 1.165) is 56.9 Å². The molecule has 3 aromatic rings. The molecule has 1 aromatic carbocycles. The van der Waals surface area contributed by atoms with Gasteiger partial charge in [0.1, 0.15) is 5.82 Å². The molecule has 0 saturated carbocycles. The predicted octanol–water partition coefficient (Wildman–Crippen LogP) is 1.79. The summed E-state index contributed by atoms with van der Waals surface area (Å²) in [5, 5.41) is 0.677. The first-order chi connectivity index (χ1) is 13.7. The summed E-state index contributed by atoms with van der Waals surface area (Å²) in [7, 11) is 1.73. The average Bonchev–Trinajstić information content (AvgIpc) is 3.13. The Morgan fingerprint density at radius 3 is 2.75 bits per heavy atom. The molecule has 0 bridgehead atoms. The first kappa shape index (κ1) is 17.4. The van der Waals surface area contributed by atoms with Crippen LogP contribution >= 0.6 is 0 Å². The Hall–Kier alpha value is -2.67. The number of nitrogens with zero attached hydrogens (tertiary/aromatic N) is 6. The van der Waals surface area contributed by atoms with Crippen molar-refractivity contribution in [1.29, 1.82) is 0 Å². The van der Waals surface area contributed by atoms with E-state index in [2.05, 4.69) is 25.5 Å². The van der Waals surface area contributed by atoms with Crippen LogP contribution in [0.2, 0.25) is 0 Å². The minimum absolute atomic E-state index is 0.00383. The van der Waals surface area contributed by atoms with Crippen LogP contribution in [0.25, 0.3) is 10.9 Å². The van der Waals surface area contributed by atoms with Crippen LogP contribution in [0.15, 0.2) is 35.5 Å². The maximum atomic E-state index is 12.2. The second-order valence-electron chi connectivity index (χ2n) is 7.92. The van der Waals surface area contributed by atoms with Gasteiger partial charge in [-0.25, -0.2) is 9.97 Å². The third-order valence-electron chi connectivity index (χ3n) is 5.98. The van der Waals surface area contributed by atoms with Crippen molar-refractivity contribution in [2.75, 3.05) is 31.1 Å². The van der Waals surface area contributed by atoms with Crippen LogP contribution in [0.1, 0.15) is 24.4 Å². The molecule has 0 radical (unpaired) electrons. The summed E-state index contributed by atoms with van der Waals surface area (Å²) in [6, 6.07) is 5.99. The number of hydrogen-bond donors (Lipinski definition) is 0. The number of aryl methyl sites for hydroxylation is 3. The zero-order valence-corrected chi connectivity index (χ0v) is 16.3. The highest BCUT2D eigenvalue weighted by molar-refractivity contribution is 5.81. The Labute approximate surface area is 164 Å². The van der Waals surface area contributed by atoms with Crippen LogP contribution in [-0.2, 0) is 26.6 Å². The molecule has 28 heavy (non-hydrogen) atoms. The topological polar surface area (TPSA) is 59.2 Å². The van der Waals surface area contributed by atoms with E-state index < -0.39 is 0 Å². The quantitative estimate of drug-likeness (QED) is 0.695. The molecule has 146 valence electrons. The van der Waals surface area contributed by atoms with Crippen LogP contribution in [0.5, 0.6) is 0 Å². The van der Waals surface area contributed by atoms with Crippen LogP contribution < -0.4 is 10.5 Å². The van der Waals surface area contributed by atoms with Gasteiger partial charge in [-0.05, 0) is 31.0 Å². The lowest BCUT2D eigenvalue weighted by Gasteiger charge is -2.35. The van der Waals surface area contributed by atoms with Gasteiger partial charge < -0.3 is 14.0 Å². The third-order valence-corrected chi connectivity index (χ3v) is 5.98. The van der Waals surface area contributed by atoms with Gasteiger partial charge in [-0.3, -0.25) is 9.69 Å². The number of anilines is 1. The van der Waals surface area contributed by atoms with E-state index >= 15 is 0 Å². The van der Waals surface area contributed by atoms with E-state index in [1.54, 1.807) is 13.4 Å². The SMILES string of the molecule is Cn1cnc2cc(N3CCN(Cc4cn5c(n4)CCCC5)CC3)ccc2c1=O. The lowest BCUT2D eigenvalue weighted by atomic mass is 10.2. The van der Waals surface area contributed by atoms with E-state index in [1.165, 1.54) is 28.9 Å². The minimum atomic E-state index is 0.00383. The first-order valence-corrected chi connectivity index (χ1v) is 10.1. The molecular weight excluding hydrogens is 352 g/mol. The lowest BCUT2D eigenvalue weighted by molar-refractivity contribution is 0.247. The highest BCUT2D eigenvalue weighted by Gasteiger charge is 2.20. The summed E-state index contributed by atoms with van der Waals surface area (Å²) in [5.74, 6) is 1.26. The van der Waals surface area contributed by atoms with Crippen molar-refractivity contribution < 1.29 is 0 Å². The Balaban J connectivity index is 1.25. The fourth-order valence-corrected chi connectivity index (χ4v) is 4.34. The molecule has 2 aliphatic rings. The smallest absolute Gasteiger partial charge is 0.260 e. The standard InChI is InChI=1S/C21H26N6O/c1-24-15-22-19-12-17(5-6-18(19)21(24)28)26-10-8-25(9-11-26)13-16-14-27-7-3-2-4-20(27)23-16/h5-6,12,14-15H,2-4,7-11,13H2,1H3. The van der Waals surface area contributed by atoms with Gasteiger partial charge in [-0.1, -0.05) is 0 Å². The van der Waals surface area contributed by atoms with Crippen LogP contribution in [0.4, 0.5) is 5.69 Å². The number of piperazine rings is 1. The largest absolute Gasteiger partial charge is 0.369 e. The van der Waals surface area contributed by atoms with Crippen LogP contribution in [0, 0.1) is 0 Å². The second kappa shape index (κ2) is 7.05. The van der Waals surface area contributed by atoms with E-state index in [9.17, 15) is 4.79 Å². The molecule has 1 saturated heterocycles. The molecule has 2 aromatic heterocycles. The van der Waals surface area contributed by atoms with Crippen molar-refractivity contribution in [3.05, 3.63) is 52.6 Å². The fourth-order valence-electron chi connectivity index (χ4n) is 4.34. The van der Waals surface area contributed by atoms with Crippen molar-refractivity contribution >= 4 is 16.6 Å². The van der Waals surface area contributed by atoms with Crippen molar-refractivity contribution in [3.8, 4) is 0 Å². The summed E-state index contributed by atoms with van der Waals surface area (Å²) >= 11 is 0. The second-order valence-corrected chi connectivity index (χ2v) is 7.92. The van der Waals surface area contributed by atoms with Gasteiger partial charge in [0.25, 0.3) is 5.56 Å². The Morgan fingerprint density at radius 2 is 1.93 bits per heavy atom. The molecule has 0 unspecified atom stereocenters. The van der Waals surface area contributed by atoms with Gasteiger partial charge in [0, 0.05) is 64.6 Å². The third kappa shape index (κ3) is 3.20. The number of fused-ring (bicyclic) bond motifs is 2. The Morgan fingerprint density at radius 1 is 1.07 bits per heavy atom. The van der Waals surface area contributed by atoms with Crippen LogP contribution in [-0.4, -0.2) is 50.2 Å². The average molecular weight is 378 g/mol. The zero-order valence-electron chi connectivity index (χ0n) is 16.3. The Kier molecular flexibility index (Phi) is 4.39. The van der Waals surface area contributed by atoms with Gasteiger partial charge in [-0.15, -0.1) is 0 Å². The summed E-state index contributed by atoms with van der Waals surface area (Å²) in [6.07, 6.45) is 7.50. The van der Waals surface area contributed by atoms with Gasteiger partial charge in [0.15, 0.2) is 0 Å². The van der Waals surface area contributed by atoms with Gasteiger partial charge >= 0.3 is 0 Å². The summed E-state index contributed by atoms with van der Waals surface area (Å²) in [6.45, 7) is 6.04. The number of rotatable bonds is 3. The lowest BCUT2D eigenvalue weighted by Crippen LogP contribution is -2.46. The summed E-state index contributed by atoms with van der Waals surface area (Å²) in [4.78, 5) is 26.3. The van der Waals surface area contributed by atoms with Crippen molar-refractivity contribution in [3.63, 3.8) is 0 Å². The van der Waals surface area contributed by atoms with E-state index in [1.807, 2.05) is 18.2 Å². The fraction of sp³-hybridized carbons (Fsp3) is 0.476. The van der Waals surface area contributed by atoms with Crippen molar-refractivity contribution in [2.24, 2.45) is 7.05 Å². The number of hydrogen-bond acceptors (Lipinski definition) is 5. The molecule has 0 aliphatic carbocycles. The highest BCUT2D eigenvalue weighted by atomic mass is 16.1. The molecule has 0 spiro atoms. The predicted molar refractivity (Wildman–Crippen MR) is 110 cm³/mol. The van der Waals surface area contributed by atoms with Crippen molar-refractivity contribution in [2.45, 2.75) is 32.4 Å². The molecule has 0 N–H and O–H groups in total. The first-order valence-electron chi connectivity index (χ1n) is 10.1. The Bertz CT molecular complexity index is 1040. The summed E-state index contributed by atoms with van der Waals surface area (Å²) in [5.41, 5.74) is 3.12. The van der Waals surface area contributed by atoms with E-state index in [4.69, 9.17) is 4.98 Å². The van der Waals surface area contributed by atoms with Crippen molar-refractivity contribution in [1.82, 2.24) is 24.0 Å². The zero-order chi connectivity index (χ0) is 19.1. The molecular formula is C21H26N6O. The highest BCUT2D eigenvalue weighted by Crippen LogP contribution is 2.21. The maximum absolute atomic E-state index is 12.2. The molecule has 1 fully saturated rings. The number of aromatic nitrogens is 4. The molecule has 7 heteroatoms. The van der Waals surface area contributed by atoms with E-state index in [-0.39, 0.29) is 5.56 Å². The molecule has 0 atom stereocenters. The summed E-state index contributed by atoms with van der Waals surface area (Å²) < 4.78 is 3.86. The molecule has 2 aliphatic heterocycles. The molecule has 7 nitrogen and oxygen atoms in total. The minimum Gasteiger partial charge on any atom is -0.369 e. The number of benzene rings is 1. The number of imidazole rings is 1.